The molecule has 1 aromatic heterocycles. The molecule has 36 heavy (non-hydrogen) atoms. The van der Waals surface area contributed by atoms with Crippen LogP contribution in [-0.2, 0) is 4.79 Å². The highest BCUT2D eigenvalue weighted by Gasteiger charge is 2.36. The number of rotatable bonds is 9. The van der Waals surface area contributed by atoms with Crippen molar-refractivity contribution in [1.82, 2.24) is 9.55 Å². The second-order valence-corrected chi connectivity index (χ2v) is 10.9. The highest BCUT2D eigenvalue weighted by Crippen LogP contribution is 2.39. The summed E-state index contributed by atoms with van der Waals surface area (Å²) in [5, 5.41) is 22.1. The standard InChI is InChI=1S/C28H29N3O4S/c1-28(2,3)25(26(32)33)30-24-18-21(31(34)35)14-15-23(24)29-27(30)36-17-16-22(19-10-6-4-7-11-19)20-12-8-5-9-13-20/h4-15,18,22,25H,16-17H2,1-3H3,(H,32,33). The van der Waals surface area contributed by atoms with Gasteiger partial charge in [-0.3, -0.25) is 10.1 Å². The average molecular weight is 504 g/mol. The molecule has 4 rings (SSSR count). The minimum Gasteiger partial charge on any atom is -0.480 e. The number of hydrogen-bond donors (Lipinski definition) is 1. The Balaban J connectivity index is 1.71. The first-order valence-corrected chi connectivity index (χ1v) is 12.8. The second kappa shape index (κ2) is 10.5. The molecule has 0 bridgehead atoms. The predicted octanol–water partition coefficient (Wildman–Crippen LogP) is 6.93. The summed E-state index contributed by atoms with van der Waals surface area (Å²) in [5.41, 5.74) is 2.69. The van der Waals surface area contributed by atoms with Crippen molar-refractivity contribution < 1.29 is 14.8 Å². The molecule has 186 valence electrons. The van der Waals surface area contributed by atoms with Crippen LogP contribution >= 0.6 is 11.8 Å². The molecule has 7 nitrogen and oxygen atoms in total. The largest absolute Gasteiger partial charge is 0.480 e. The van der Waals surface area contributed by atoms with E-state index in [0.29, 0.717) is 21.9 Å². The maximum Gasteiger partial charge on any atom is 0.327 e. The van der Waals surface area contributed by atoms with Gasteiger partial charge in [0, 0.05) is 23.8 Å². The lowest BCUT2D eigenvalue weighted by Crippen LogP contribution is -2.32. The van der Waals surface area contributed by atoms with Crippen LogP contribution in [0.1, 0.15) is 50.3 Å². The second-order valence-electron chi connectivity index (χ2n) is 9.81. The van der Waals surface area contributed by atoms with Gasteiger partial charge in [-0.15, -0.1) is 0 Å². The first-order chi connectivity index (χ1) is 17.2. The number of carboxylic acids is 1. The molecule has 0 radical (unpaired) electrons. The van der Waals surface area contributed by atoms with E-state index < -0.39 is 22.3 Å². The average Bonchev–Trinajstić information content (AvgIpc) is 3.18. The monoisotopic (exact) mass is 503 g/mol. The molecule has 0 aliphatic heterocycles. The van der Waals surface area contributed by atoms with Crippen LogP contribution in [0.5, 0.6) is 0 Å². The molecule has 0 aliphatic carbocycles. The first-order valence-electron chi connectivity index (χ1n) is 11.8. The number of nitro groups is 1. The van der Waals surface area contributed by atoms with Crippen LogP contribution in [-0.4, -0.2) is 31.3 Å². The molecular weight excluding hydrogens is 474 g/mol. The predicted molar refractivity (Wildman–Crippen MR) is 143 cm³/mol. The smallest absolute Gasteiger partial charge is 0.327 e. The number of imidazole rings is 1. The quantitative estimate of drug-likeness (QED) is 0.151. The lowest BCUT2D eigenvalue weighted by atomic mass is 9.86. The molecule has 8 heteroatoms. The van der Waals surface area contributed by atoms with Crippen molar-refractivity contribution >= 4 is 34.5 Å². The zero-order chi connectivity index (χ0) is 25.9. The number of fused-ring (bicyclic) bond motifs is 1. The van der Waals surface area contributed by atoms with Crippen LogP contribution in [0.25, 0.3) is 11.0 Å². The van der Waals surface area contributed by atoms with Crippen molar-refractivity contribution in [3.8, 4) is 0 Å². The van der Waals surface area contributed by atoms with Gasteiger partial charge in [0.25, 0.3) is 5.69 Å². The SMILES string of the molecule is CC(C)(C)C(C(=O)O)n1c(SCCC(c2ccccc2)c2ccccc2)nc2ccc([N+](=O)[O-])cc21. The fourth-order valence-corrected chi connectivity index (χ4v) is 5.60. The van der Waals surface area contributed by atoms with Crippen LogP contribution in [0, 0.1) is 15.5 Å². The van der Waals surface area contributed by atoms with E-state index >= 15 is 0 Å². The van der Waals surface area contributed by atoms with Gasteiger partial charge in [-0.2, -0.15) is 0 Å². The lowest BCUT2D eigenvalue weighted by molar-refractivity contribution is -0.384. The molecule has 3 aromatic carbocycles. The van der Waals surface area contributed by atoms with Gasteiger partial charge in [0.1, 0.15) is 6.04 Å². The molecule has 4 aromatic rings. The van der Waals surface area contributed by atoms with E-state index in [-0.39, 0.29) is 11.6 Å². The number of hydrogen-bond acceptors (Lipinski definition) is 5. The third-order valence-electron chi connectivity index (χ3n) is 6.21. The fraction of sp³-hybridized carbons (Fsp3) is 0.286. The summed E-state index contributed by atoms with van der Waals surface area (Å²) >= 11 is 1.49. The molecule has 0 saturated carbocycles. The summed E-state index contributed by atoms with van der Waals surface area (Å²) in [6, 6.07) is 24.1. The Bertz CT molecular complexity index is 1320. The first kappa shape index (κ1) is 25.4. The zero-order valence-electron chi connectivity index (χ0n) is 20.5. The van der Waals surface area contributed by atoms with Gasteiger partial charge < -0.3 is 9.67 Å². The van der Waals surface area contributed by atoms with E-state index in [9.17, 15) is 20.0 Å². The lowest BCUT2D eigenvalue weighted by Gasteiger charge is -2.29. The summed E-state index contributed by atoms with van der Waals surface area (Å²) in [6.07, 6.45) is 0.815. The molecule has 1 atom stereocenters. The van der Waals surface area contributed by atoms with Crippen LogP contribution in [0.3, 0.4) is 0 Å². The van der Waals surface area contributed by atoms with E-state index in [0.717, 1.165) is 6.42 Å². The number of carbonyl (C=O) groups is 1. The number of thioether (sulfide) groups is 1. The molecule has 0 amide bonds. The summed E-state index contributed by atoms with van der Waals surface area (Å²) in [6.45, 7) is 5.55. The molecule has 0 saturated heterocycles. The highest BCUT2D eigenvalue weighted by molar-refractivity contribution is 7.99. The van der Waals surface area contributed by atoms with E-state index in [2.05, 4.69) is 24.3 Å². The van der Waals surface area contributed by atoms with Gasteiger partial charge in [0.15, 0.2) is 5.16 Å². The maximum absolute atomic E-state index is 12.4. The Morgan fingerprint density at radius 1 is 1.03 bits per heavy atom. The molecular formula is C28H29N3O4S. The third-order valence-corrected chi connectivity index (χ3v) is 7.19. The third kappa shape index (κ3) is 5.44. The van der Waals surface area contributed by atoms with Crippen molar-refractivity contribution in [2.75, 3.05) is 5.75 Å². The molecule has 1 heterocycles. The number of benzene rings is 3. The van der Waals surface area contributed by atoms with Crippen LogP contribution < -0.4 is 0 Å². The Labute approximate surface area is 214 Å². The van der Waals surface area contributed by atoms with Gasteiger partial charge in [0.05, 0.1) is 16.0 Å². The summed E-state index contributed by atoms with van der Waals surface area (Å²) in [4.78, 5) is 28.1. The van der Waals surface area contributed by atoms with Crippen molar-refractivity contribution in [2.24, 2.45) is 5.41 Å². The van der Waals surface area contributed by atoms with Crippen LogP contribution in [0.15, 0.2) is 84.0 Å². The number of nitro benzene ring substituents is 1. The number of aromatic nitrogens is 2. The van der Waals surface area contributed by atoms with Gasteiger partial charge in [0.2, 0.25) is 0 Å². The minimum absolute atomic E-state index is 0.0912. The van der Waals surface area contributed by atoms with E-state index in [4.69, 9.17) is 4.98 Å². The van der Waals surface area contributed by atoms with E-state index in [1.165, 1.54) is 35.0 Å². The number of non-ortho nitro benzene ring substituents is 1. The Hall–Kier alpha value is -3.65. The number of carboxylic acid groups (broad SMARTS) is 1. The number of aliphatic carboxylic acids is 1. The Morgan fingerprint density at radius 3 is 2.11 bits per heavy atom. The molecule has 0 aliphatic rings. The van der Waals surface area contributed by atoms with E-state index in [1.807, 2.05) is 57.2 Å². The van der Waals surface area contributed by atoms with Crippen molar-refractivity contribution in [2.45, 2.75) is 44.3 Å². The highest BCUT2D eigenvalue weighted by atomic mass is 32.2. The Morgan fingerprint density at radius 2 is 1.61 bits per heavy atom. The topological polar surface area (TPSA) is 98.3 Å². The van der Waals surface area contributed by atoms with Crippen molar-refractivity contribution in [3.05, 3.63) is 100 Å². The molecule has 0 fully saturated rings. The fourth-order valence-electron chi connectivity index (χ4n) is 4.56. The van der Waals surface area contributed by atoms with Gasteiger partial charge in [-0.25, -0.2) is 9.78 Å². The van der Waals surface area contributed by atoms with Crippen molar-refractivity contribution in [3.63, 3.8) is 0 Å². The van der Waals surface area contributed by atoms with E-state index in [1.54, 1.807) is 10.6 Å². The van der Waals surface area contributed by atoms with Crippen LogP contribution in [0.2, 0.25) is 0 Å². The van der Waals surface area contributed by atoms with Gasteiger partial charge in [-0.05, 0) is 29.0 Å². The summed E-state index contributed by atoms with van der Waals surface area (Å²) in [7, 11) is 0. The summed E-state index contributed by atoms with van der Waals surface area (Å²) in [5.74, 6) is -0.130. The van der Waals surface area contributed by atoms with Gasteiger partial charge in [-0.1, -0.05) is 93.2 Å². The summed E-state index contributed by atoms with van der Waals surface area (Å²) < 4.78 is 1.66. The minimum atomic E-state index is -0.999. The maximum atomic E-state index is 12.4. The molecule has 1 N–H and O–H groups in total. The Kier molecular flexibility index (Phi) is 7.45. The molecule has 0 spiro atoms. The van der Waals surface area contributed by atoms with Gasteiger partial charge >= 0.3 is 5.97 Å². The normalized spacial score (nSPS) is 12.7. The molecule has 1 unspecified atom stereocenters. The van der Waals surface area contributed by atoms with Crippen LogP contribution in [0.4, 0.5) is 5.69 Å². The van der Waals surface area contributed by atoms with Crippen molar-refractivity contribution in [1.29, 1.82) is 0 Å². The number of nitrogens with zero attached hydrogens (tertiary/aromatic N) is 3. The zero-order valence-corrected chi connectivity index (χ0v) is 21.3.